The third-order valence-electron chi connectivity index (χ3n) is 3.49. The lowest BCUT2D eigenvalue weighted by atomic mass is 10.1. The predicted molar refractivity (Wildman–Crippen MR) is 95.9 cm³/mol. The van der Waals surface area contributed by atoms with Crippen LogP contribution in [0.5, 0.6) is 0 Å². The molecule has 0 unspecified atom stereocenters. The van der Waals surface area contributed by atoms with Gasteiger partial charge in [-0.3, -0.25) is 4.79 Å². The number of halogens is 1. The Morgan fingerprint density at radius 2 is 1.58 bits per heavy atom. The number of hydrogen-bond donors (Lipinski definition) is 2. The molecule has 7 heteroatoms. The maximum Gasteiger partial charge on any atom is 0.241 e. The maximum atomic E-state index is 12.1. The largest absolute Gasteiger partial charge is 0.324 e. The summed E-state index contributed by atoms with van der Waals surface area (Å²) in [6.45, 7) is 5.42. The molecule has 2 aromatic carbocycles. The molecule has 0 aliphatic carbocycles. The van der Waals surface area contributed by atoms with Gasteiger partial charge in [0, 0.05) is 10.7 Å². The molecule has 5 nitrogen and oxygen atoms in total. The van der Waals surface area contributed by atoms with E-state index in [1.807, 2.05) is 32.9 Å². The molecule has 0 radical (unpaired) electrons. The molecule has 0 bridgehead atoms. The van der Waals surface area contributed by atoms with Gasteiger partial charge in [-0.1, -0.05) is 29.3 Å². The molecule has 0 heterocycles. The summed E-state index contributed by atoms with van der Waals surface area (Å²) >= 11 is 5.74. The van der Waals surface area contributed by atoms with Crippen molar-refractivity contribution in [1.82, 2.24) is 4.72 Å². The Hall–Kier alpha value is -1.89. The summed E-state index contributed by atoms with van der Waals surface area (Å²) in [5, 5.41) is 3.19. The minimum atomic E-state index is -3.76. The number of nitrogens with one attached hydrogen (secondary N) is 2. The Bertz CT molecular complexity index is 839. The van der Waals surface area contributed by atoms with E-state index >= 15 is 0 Å². The van der Waals surface area contributed by atoms with Crippen LogP contribution in [0.4, 0.5) is 5.69 Å². The van der Waals surface area contributed by atoms with Gasteiger partial charge in [-0.15, -0.1) is 0 Å². The highest BCUT2D eigenvalue weighted by molar-refractivity contribution is 7.89. The molecule has 2 N–H and O–H groups in total. The summed E-state index contributed by atoms with van der Waals surface area (Å²) in [7, 11) is -3.76. The Kier molecular flexibility index (Phi) is 5.64. The van der Waals surface area contributed by atoms with E-state index in [1.54, 1.807) is 0 Å². The second-order valence-corrected chi connectivity index (χ2v) is 7.80. The van der Waals surface area contributed by atoms with E-state index in [0.717, 1.165) is 16.7 Å². The van der Waals surface area contributed by atoms with Gasteiger partial charge < -0.3 is 5.32 Å². The molecule has 2 rings (SSSR count). The summed E-state index contributed by atoms with van der Waals surface area (Å²) < 4.78 is 26.6. The lowest BCUT2D eigenvalue weighted by Gasteiger charge is -2.13. The fraction of sp³-hybridized carbons (Fsp3) is 0.235. The Balaban J connectivity index is 2.04. The summed E-state index contributed by atoms with van der Waals surface area (Å²) in [6, 6.07) is 9.65. The van der Waals surface area contributed by atoms with Gasteiger partial charge in [-0.25, -0.2) is 13.1 Å². The van der Waals surface area contributed by atoms with E-state index < -0.39 is 15.9 Å². The van der Waals surface area contributed by atoms with E-state index in [-0.39, 0.29) is 11.4 Å². The number of aryl methyl sites for hydroxylation is 3. The first-order valence-electron chi connectivity index (χ1n) is 7.32. The van der Waals surface area contributed by atoms with E-state index in [0.29, 0.717) is 10.7 Å². The normalized spacial score (nSPS) is 11.3. The molecule has 1 amide bonds. The number of amides is 1. The minimum Gasteiger partial charge on any atom is -0.324 e. The van der Waals surface area contributed by atoms with Gasteiger partial charge in [-0.05, 0) is 56.2 Å². The van der Waals surface area contributed by atoms with Crippen molar-refractivity contribution < 1.29 is 13.2 Å². The third kappa shape index (κ3) is 4.56. The van der Waals surface area contributed by atoms with Gasteiger partial charge in [-0.2, -0.15) is 0 Å². The number of anilines is 1. The number of carbonyl (C=O) groups is 1. The van der Waals surface area contributed by atoms with Gasteiger partial charge in [0.05, 0.1) is 11.4 Å². The quantitative estimate of drug-likeness (QED) is 0.853. The monoisotopic (exact) mass is 366 g/mol. The molecule has 0 aliphatic heterocycles. The second kappa shape index (κ2) is 7.34. The standard InChI is InChI=1S/C17H19ClN2O3S/c1-11-8-12(2)17(13(3)9-11)20-16(21)10-19-24(22,23)15-6-4-14(18)5-7-15/h4-9,19H,10H2,1-3H3,(H,20,21). The smallest absolute Gasteiger partial charge is 0.241 e. The van der Waals surface area contributed by atoms with Crippen molar-refractivity contribution in [2.45, 2.75) is 25.7 Å². The van der Waals surface area contributed by atoms with Gasteiger partial charge in [0.25, 0.3) is 0 Å². The van der Waals surface area contributed by atoms with Crippen LogP contribution in [0.3, 0.4) is 0 Å². The number of benzene rings is 2. The zero-order valence-electron chi connectivity index (χ0n) is 13.7. The molecule has 0 saturated heterocycles. The first kappa shape index (κ1) is 18.4. The van der Waals surface area contributed by atoms with Crippen LogP contribution < -0.4 is 10.0 Å². The fourth-order valence-electron chi connectivity index (χ4n) is 2.42. The van der Waals surface area contributed by atoms with Crippen LogP contribution in [0.25, 0.3) is 0 Å². The van der Waals surface area contributed by atoms with Crippen LogP contribution in [0.15, 0.2) is 41.3 Å². The Labute approximate surface area is 147 Å². The fourth-order valence-corrected chi connectivity index (χ4v) is 3.53. The van der Waals surface area contributed by atoms with Gasteiger partial charge >= 0.3 is 0 Å². The SMILES string of the molecule is Cc1cc(C)c(NC(=O)CNS(=O)(=O)c2ccc(Cl)cc2)c(C)c1. The summed E-state index contributed by atoms with van der Waals surface area (Å²) in [5.41, 5.74) is 3.67. The van der Waals surface area contributed by atoms with Crippen molar-refractivity contribution in [3.05, 3.63) is 58.1 Å². The van der Waals surface area contributed by atoms with E-state index in [1.165, 1.54) is 24.3 Å². The molecular weight excluding hydrogens is 348 g/mol. The average molecular weight is 367 g/mol. The summed E-state index contributed by atoms with van der Waals surface area (Å²) in [5.74, 6) is -0.428. The highest BCUT2D eigenvalue weighted by Gasteiger charge is 2.16. The number of hydrogen-bond acceptors (Lipinski definition) is 3. The molecule has 0 atom stereocenters. The highest BCUT2D eigenvalue weighted by Crippen LogP contribution is 2.21. The molecule has 0 saturated carbocycles. The average Bonchev–Trinajstić information content (AvgIpc) is 2.49. The van der Waals surface area contributed by atoms with E-state index in [9.17, 15) is 13.2 Å². The van der Waals surface area contributed by atoms with Gasteiger partial charge in [0.2, 0.25) is 15.9 Å². The molecule has 0 fully saturated rings. The maximum absolute atomic E-state index is 12.1. The minimum absolute atomic E-state index is 0.0578. The zero-order valence-corrected chi connectivity index (χ0v) is 15.3. The molecule has 2 aromatic rings. The van der Waals surface area contributed by atoms with Gasteiger partial charge in [0.15, 0.2) is 0 Å². The van der Waals surface area contributed by atoms with Crippen molar-refractivity contribution in [2.75, 3.05) is 11.9 Å². The van der Waals surface area contributed by atoms with Crippen LogP contribution >= 0.6 is 11.6 Å². The van der Waals surface area contributed by atoms with Crippen LogP contribution in [0.1, 0.15) is 16.7 Å². The van der Waals surface area contributed by atoms with Crippen molar-refractivity contribution in [3.8, 4) is 0 Å². The van der Waals surface area contributed by atoms with E-state index in [4.69, 9.17) is 11.6 Å². The van der Waals surface area contributed by atoms with Gasteiger partial charge in [0.1, 0.15) is 0 Å². The molecule has 24 heavy (non-hydrogen) atoms. The third-order valence-corrected chi connectivity index (χ3v) is 5.16. The summed E-state index contributed by atoms with van der Waals surface area (Å²) in [6.07, 6.45) is 0. The van der Waals surface area contributed by atoms with Crippen molar-refractivity contribution in [2.24, 2.45) is 0 Å². The second-order valence-electron chi connectivity index (χ2n) is 5.60. The van der Waals surface area contributed by atoms with Crippen molar-refractivity contribution >= 4 is 33.2 Å². The molecule has 128 valence electrons. The van der Waals surface area contributed by atoms with Crippen LogP contribution in [0, 0.1) is 20.8 Å². The van der Waals surface area contributed by atoms with E-state index in [2.05, 4.69) is 10.0 Å². The van der Waals surface area contributed by atoms with Crippen LogP contribution in [0.2, 0.25) is 5.02 Å². The molecular formula is C17H19ClN2O3S. The highest BCUT2D eigenvalue weighted by atomic mass is 35.5. The number of sulfonamides is 1. The summed E-state index contributed by atoms with van der Waals surface area (Å²) in [4.78, 5) is 12.1. The predicted octanol–water partition coefficient (Wildman–Crippen LogP) is 3.18. The Morgan fingerprint density at radius 3 is 2.12 bits per heavy atom. The first-order chi connectivity index (χ1) is 11.2. The first-order valence-corrected chi connectivity index (χ1v) is 9.18. The molecule has 0 spiro atoms. The van der Waals surface area contributed by atoms with Crippen molar-refractivity contribution in [1.29, 1.82) is 0 Å². The lowest BCUT2D eigenvalue weighted by Crippen LogP contribution is -2.33. The topological polar surface area (TPSA) is 75.3 Å². The Morgan fingerprint density at radius 1 is 1.04 bits per heavy atom. The van der Waals surface area contributed by atoms with Crippen LogP contribution in [-0.2, 0) is 14.8 Å². The molecule has 0 aliphatic rings. The van der Waals surface area contributed by atoms with Crippen LogP contribution in [-0.4, -0.2) is 20.9 Å². The lowest BCUT2D eigenvalue weighted by molar-refractivity contribution is -0.115. The van der Waals surface area contributed by atoms with Crippen molar-refractivity contribution in [3.63, 3.8) is 0 Å². The number of rotatable bonds is 5. The molecule has 0 aromatic heterocycles. The number of carbonyl (C=O) groups excluding carboxylic acids is 1. The zero-order chi connectivity index (χ0) is 17.9.